The first-order chi connectivity index (χ1) is 12.5. The van der Waals surface area contributed by atoms with Gasteiger partial charge in [0.25, 0.3) is 5.91 Å². The van der Waals surface area contributed by atoms with Gasteiger partial charge in [0.05, 0.1) is 17.9 Å². The molecule has 1 atom stereocenters. The number of hydrogen-bond acceptors (Lipinski definition) is 3. The maximum absolute atomic E-state index is 12.6. The molecule has 1 N–H and O–H groups in total. The van der Waals surface area contributed by atoms with E-state index in [2.05, 4.69) is 47.6 Å². The van der Waals surface area contributed by atoms with Gasteiger partial charge in [-0.2, -0.15) is 10.2 Å². The van der Waals surface area contributed by atoms with Gasteiger partial charge in [-0.15, -0.1) is 0 Å². The maximum Gasteiger partial charge on any atom is 0.270 e. The van der Waals surface area contributed by atoms with Crippen LogP contribution < -0.4 is 5.32 Å². The van der Waals surface area contributed by atoms with Crippen molar-refractivity contribution in [1.29, 1.82) is 0 Å². The summed E-state index contributed by atoms with van der Waals surface area (Å²) >= 11 is 0. The number of benzene rings is 1. The van der Waals surface area contributed by atoms with Gasteiger partial charge in [-0.05, 0) is 62.4 Å². The van der Waals surface area contributed by atoms with E-state index >= 15 is 0 Å². The van der Waals surface area contributed by atoms with Gasteiger partial charge in [0.1, 0.15) is 5.69 Å². The lowest BCUT2D eigenvalue weighted by atomic mass is 9.92. The number of nitrogens with one attached hydrogen (secondary N) is 1. The van der Waals surface area contributed by atoms with Crippen molar-refractivity contribution >= 4 is 5.91 Å². The predicted molar refractivity (Wildman–Crippen MR) is 99.4 cm³/mol. The Morgan fingerprint density at radius 3 is 2.77 bits per heavy atom. The van der Waals surface area contributed by atoms with E-state index in [-0.39, 0.29) is 11.9 Å². The summed E-state index contributed by atoms with van der Waals surface area (Å²) < 4.78 is 3.61. The van der Waals surface area contributed by atoms with Crippen LogP contribution in [0.15, 0.2) is 36.7 Å². The lowest BCUT2D eigenvalue weighted by Crippen LogP contribution is -2.32. The minimum absolute atomic E-state index is 0.0126. The lowest BCUT2D eigenvalue weighted by Gasteiger charge is -2.24. The number of amides is 1. The van der Waals surface area contributed by atoms with E-state index in [0.29, 0.717) is 5.69 Å². The molecule has 0 saturated carbocycles. The molecule has 0 radical (unpaired) electrons. The van der Waals surface area contributed by atoms with E-state index in [9.17, 15) is 4.79 Å². The third-order valence-corrected chi connectivity index (χ3v) is 5.28. The second kappa shape index (κ2) is 6.44. The standard InChI is InChI=1S/C20H23N5O/c1-13-7-8-15(11-14(13)2)25-18-6-4-5-17(16(18)12-22-25)23-20(26)19-9-10-21-24(19)3/h7-12,17H,4-6H2,1-3H3,(H,23,26). The van der Waals surface area contributed by atoms with Gasteiger partial charge in [0, 0.05) is 24.5 Å². The van der Waals surface area contributed by atoms with Gasteiger partial charge in [0.15, 0.2) is 0 Å². The molecule has 1 aliphatic rings. The van der Waals surface area contributed by atoms with Crippen molar-refractivity contribution < 1.29 is 4.79 Å². The number of carbonyl (C=O) groups excluding carboxylic acids is 1. The third-order valence-electron chi connectivity index (χ3n) is 5.28. The fourth-order valence-corrected chi connectivity index (χ4v) is 3.62. The van der Waals surface area contributed by atoms with Crippen LogP contribution in [0, 0.1) is 13.8 Å². The maximum atomic E-state index is 12.6. The van der Waals surface area contributed by atoms with Crippen LogP contribution >= 0.6 is 0 Å². The number of nitrogens with zero attached hydrogens (tertiary/aromatic N) is 4. The summed E-state index contributed by atoms with van der Waals surface area (Å²) in [6.45, 7) is 4.23. The topological polar surface area (TPSA) is 64.7 Å². The fourth-order valence-electron chi connectivity index (χ4n) is 3.62. The summed E-state index contributed by atoms with van der Waals surface area (Å²) in [5.74, 6) is -0.0956. The first kappa shape index (κ1) is 16.6. The molecule has 0 bridgehead atoms. The Bertz CT molecular complexity index is 968. The van der Waals surface area contributed by atoms with Gasteiger partial charge < -0.3 is 5.32 Å². The van der Waals surface area contributed by atoms with Crippen molar-refractivity contribution in [2.75, 3.05) is 0 Å². The van der Waals surface area contributed by atoms with Crippen LogP contribution in [-0.2, 0) is 13.5 Å². The Morgan fingerprint density at radius 1 is 1.19 bits per heavy atom. The van der Waals surface area contributed by atoms with Crippen molar-refractivity contribution in [3.05, 3.63) is 64.7 Å². The largest absolute Gasteiger partial charge is 0.344 e. The normalized spacial score (nSPS) is 16.3. The molecule has 0 saturated heterocycles. The number of aryl methyl sites for hydroxylation is 3. The molecular weight excluding hydrogens is 326 g/mol. The number of fused-ring (bicyclic) bond motifs is 1. The molecule has 3 aromatic rings. The van der Waals surface area contributed by atoms with Gasteiger partial charge in [-0.3, -0.25) is 9.48 Å². The van der Waals surface area contributed by atoms with Gasteiger partial charge >= 0.3 is 0 Å². The molecule has 2 aromatic heterocycles. The van der Waals surface area contributed by atoms with Crippen molar-refractivity contribution in [3.8, 4) is 5.69 Å². The van der Waals surface area contributed by atoms with Crippen LogP contribution in [-0.4, -0.2) is 25.5 Å². The lowest BCUT2D eigenvalue weighted by molar-refractivity contribution is 0.0923. The highest BCUT2D eigenvalue weighted by Crippen LogP contribution is 2.31. The molecule has 1 unspecified atom stereocenters. The van der Waals surface area contributed by atoms with Crippen LogP contribution in [0.2, 0.25) is 0 Å². The zero-order chi connectivity index (χ0) is 18.3. The molecule has 4 rings (SSSR count). The molecule has 0 fully saturated rings. The molecule has 2 heterocycles. The summed E-state index contributed by atoms with van der Waals surface area (Å²) in [4.78, 5) is 12.6. The molecule has 6 nitrogen and oxygen atoms in total. The summed E-state index contributed by atoms with van der Waals surface area (Å²) in [6.07, 6.45) is 6.46. The fraction of sp³-hybridized carbons (Fsp3) is 0.350. The van der Waals surface area contributed by atoms with E-state index < -0.39 is 0 Å². The Kier molecular flexibility index (Phi) is 4.11. The van der Waals surface area contributed by atoms with Crippen LogP contribution in [0.5, 0.6) is 0 Å². The van der Waals surface area contributed by atoms with E-state index in [1.807, 2.05) is 10.9 Å². The molecule has 0 aliphatic heterocycles. The average molecular weight is 349 g/mol. The van der Waals surface area contributed by atoms with Crippen molar-refractivity contribution in [1.82, 2.24) is 24.9 Å². The Morgan fingerprint density at radius 2 is 2.04 bits per heavy atom. The zero-order valence-electron chi connectivity index (χ0n) is 15.4. The van der Waals surface area contributed by atoms with Crippen molar-refractivity contribution in [2.24, 2.45) is 7.05 Å². The molecule has 26 heavy (non-hydrogen) atoms. The number of rotatable bonds is 3. The van der Waals surface area contributed by atoms with E-state index in [4.69, 9.17) is 0 Å². The number of hydrogen-bond donors (Lipinski definition) is 1. The molecule has 1 amide bonds. The highest BCUT2D eigenvalue weighted by molar-refractivity contribution is 5.92. The molecule has 6 heteroatoms. The summed E-state index contributed by atoms with van der Waals surface area (Å²) in [5.41, 5.74) is 6.48. The Hall–Kier alpha value is -2.89. The van der Waals surface area contributed by atoms with Crippen LogP contribution in [0.3, 0.4) is 0 Å². The van der Waals surface area contributed by atoms with Crippen LogP contribution in [0.25, 0.3) is 5.69 Å². The van der Waals surface area contributed by atoms with Crippen molar-refractivity contribution in [2.45, 2.75) is 39.2 Å². The van der Waals surface area contributed by atoms with Crippen LogP contribution in [0.1, 0.15) is 51.8 Å². The highest BCUT2D eigenvalue weighted by Gasteiger charge is 2.27. The second-order valence-corrected chi connectivity index (χ2v) is 6.99. The minimum atomic E-state index is -0.0956. The van der Waals surface area contributed by atoms with Crippen LogP contribution in [0.4, 0.5) is 0 Å². The monoisotopic (exact) mass is 349 g/mol. The Balaban J connectivity index is 1.63. The van der Waals surface area contributed by atoms with Gasteiger partial charge in [0.2, 0.25) is 0 Å². The molecule has 1 aromatic carbocycles. The molecule has 0 spiro atoms. The molecule has 134 valence electrons. The first-order valence-electron chi connectivity index (χ1n) is 8.98. The van der Waals surface area contributed by atoms with Gasteiger partial charge in [-0.1, -0.05) is 6.07 Å². The van der Waals surface area contributed by atoms with E-state index in [1.54, 1.807) is 24.0 Å². The average Bonchev–Trinajstić information content (AvgIpc) is 3.24. The Labute approximate surface area is 152 Å². The quantitative estimate of drug-likeness (QED) is 0.790. The highest BCUT2D eigenvalue weighted by atomic mass is 16.2. The summed E-state index contributed by atoms with van der Waals surface area (Å²) in [5, 5.41) is 11.8. The predicted octanol–water partition coefficient (Wildman–Crippen LogP) is 3.03. The molecule has 1 aliphatic carbocycles. The number of carbonyl (C=O) groups is 1. The third kappa shape index (κ3) is 2.81. The second-order valence-electron chi connectivity index (χ2n) is 6.99. The SMILES string of the molecule is Cc1ccc(-n2ncc3c2CCCC3NC(=O)c2ccnn2C)cc1C. The minimum Gasteiger partial charge on any atom is -0.344 e. The number of aromatic nitrogens is 4. The zero-order valence-corrected chi connectivity index (χ0v) is 15.4. The van der Waals surface area contributed by atoms with Crippen molar-refractivity contribution in [3.63, 3.8) is 0 Å². The summed E-state index contributed by atoms with van der Waals surface area (Å²) in [7, 11) is 1.78. The van der Waals surface area contributed by atoms with Gasteiger partial charge in [-0.25, -0.2) is 4.68 Å². The van der Waals surface area contributed by atoms with E-state index in [0.717, 1.165) is 30.5 Å². The molecular formula is C20H23N5O. The first-order valence-corrected chi connectivity index (χ1v) is 8.98. The van der Waals surface area contributed by atoms with E-state index in [1.165, 1.54) is 16.8 Å². The summed E-state index contributed by atoms with van der Waals surface area (Å²) in [6, 6.07) is 8.12. The smallest absolute Gasteiger partial charge is 0.270 e.